The van der Waals surface area contributed by atoms with Gasteiger partial charge in [0.2, 0.25) is 5.75 Å². The van der Waals surface area contributed by atoms with Crippen LogP contribution in [0.4, 0.5) is 4.79 Å². The minimum atomic E-state index is -0.702. The molecule has 0 bridgehead atoms. The van der Waals surface area contributed by atoms with Gasteiger partial charge < -0.3 is 18.9 Å². The molecule has 0 radical (unpaired) electrons. The number of hydrogen-bond donors (Lipinski definition) is 0. The first-order chi connectivity index (χ1) is 10.5. The Kier molecular flexibility index (Phi) is 4.50. The van der Waals surface area contributed by atoms with Crippen LogP contribution in [0.3, 0.4) is 0 Å². The molecule has 0 atom stereocenters. The van der Waals surface area contributed by atoms with Crippen molar-refractivity contribution in [2.45, 2.75) is 6.92 Å². The van der Waals surface area contributed by atoms with E-state index in [-0.39, 0.29) is 36.0 Å². The van der Waals surface area contributed by atoms with Gasteiger partial charge in [-0.15, -0.1) is 0 Å². The van der Waals surface area contributed by atoms with Crippen molar-refractivity contribution in [1.29, 1.82) is 0 Å². The van der Waals surface area contributed by atoms with Crippen molar-refractivity contribution in [2.75, 3.05) is 27.4 Å². The molecule has 1 aromatic rings. The summed E-state index contributed by atoms with van der Waals surface area (Å²) in [5.74, 6) is -0.749. The summed E-state index contributed by atoms with van der Waals surface area (Å²) >= 11 is 0. The molecule has 0 N–H and O–H groups in total. The number of carbonyl (C=O) groups is 3. The molecular formula is C14H15NO7. The SMILES string of the molecule is COc1cc(C(=O)N2CCOC2=O)cc(OC)c1OC(C)=O. The van der Waals surface area contributed by atoms with E-state index in [9.17, 15) is 14.4 Å². The van der Waals surface area contributed by atoms with Gasteiger partial charge in [0, 0.05) is 12.5 Å². The summed E-state index contributed by atoms with van der Waals surface area (Å²) in [5, 5.41) is 0. The molecule has 1 saturated heterocycles. The molecule has 0 aliphatic carbocycles. The molecule has 1 fully saturated rings. The van der Waals surface area contributed by atoms with Crippen LogP contribution in [0.15, 0.2) is 12.1 Å². The maximum atomic E-state index is 12.3. The molecule has 1 aromatic carbocycles. The van der Waals surface area contributed by atoms with Gasteiger partial charge in [0.05, 0.1) is 20.8 Å². The van der Waals surface area contributed by atoms with Crippen LogP contribution in [0, 0.1) is 0 Å². The number of carbonyl (C=O) groups excluding carboxylic acids is 3. The Bertz CT molecular complexity index is 601. The van der Waals surface area contributed by atoms with Crippen molar-refractivity contribution in [2.24, 2.45) is 0 Å². The van der Waals surface area contributed by atoms with Gasteiger partial charge in [-0.1, -0.05) is 0 Å². The Morgan fingerprint density at radius 1 is 1.18 bits per heavy atom. The lowest BCUT2D eigenvalue weighted by molar-refractivity contribution is -0.132. The molecule has 1 heterocycles. The Morgan fingerprint density at radius 3 is 2.18 bits per heavy atom. The Morgan fingerprint density at radius 2 is 1.77 bits per heavy atom. The third-order valence-corrected chi connectivity index (χ3v) is 2.96. The largest absolute Gasteiger partial charge is 0.493 e. The number of ether oxygens (including phenoxy) is 4. The van der Waals surface area contributed by atoms with Crippen LogP contribution >= 0.6 is 0 Å². The van der Waals surface area contributed by atoms with E-state index in [1.54, 1.807) is 0 Å². The van der Waals surface area contributed by atoms with Crippen molar-refractivity contribution >= 4 is 18.0 Å². The van der Waals surface area contributed by atoms with Crippen molar-refractivity contribution in [1.82, 2.24) is 4.90 Å². The van der Waals surface area contributed by atoms with Gasteiger partial charge in [0.25, 0.3) is 5.91 Å². The van der Waals surface area contributed by atoms with E-state index < -0.39 is 18.0 Å². The molecule has 0 unspecified atom stereocenters. The number of nitrogens with zero attached hydrogens (tertiary/aromatic N) is 1. The maximum Gasteiger partial charge on any atom is 0.416 e. The van der Waals surface area contributed by atoms with Crippen molar-refractivity contribution in [3.05, 3.63) is 17.7 Å². The number of cyclic esters (lactones) is 1. The van der Waals surface area contributed by atoms with E-state index in [1.807, 2.05) is 0 Å². The van der Waals surface area contributed by atoms with Gasteiger partial charge in [0.1, 0.15) is 6.61 Å². The van der Waals surface area contributed by atoms with E-state index >= 15 is 0 Å². The normalized spacial score (nSPS) is 13.6. The first-order valence-corrected chi connectivity index (χ1v) is 6.41. The molecule has 2 rings (SSSR count). The minimum Gasteiger partial charge on any atom is -0.493 e. The van der Waals surface area contributed by atoms with Gasteiger partial charge in [-0.2, -0.15) is 0 Å². The highest BCUT2D eigenvalue weighted by atomic mass is 16.6. The molecule has 0 aromatic heterocycles. The minimum absolute atomic E-state index is 0.0676. The summed E-state index contributed by atoms with van der Waals surface area (Å²) in [7, 11) is 2.72. The van der Waals surface area contributed by atoms with Crippen LogP contribution in [-0.4, -0.2) is 50.2 Å². The molecule has 0 saturated carbocycles. The fourth-order valence-electron chi connectivity index (χ4n) is 1.98. The lowest BCUT2D eigenvalue weighted by atomic mass is 10.1. The molecule has 1 aliphatic rings. The highest BCUT2D eigenvalue weighted by Crippen LogP contribution is 2.39. The van der Waals surface area contributed by atoms with Crippen LogP contribution in [-0.2, 0) is 9.53 Å². The summed E-state index contributed by atoms with van der Waals surface area (Å²) in [5.41, 5.74) is 0.156. The average Bonchev–Trinajstić information content (AvgIpc) is 2.92. The van der Waals surface area contributed by atoms with Gasteiger partial charge in [-0.05, 0) is 12.1 Å². The monoisotopic (exact) mass is 309 g/mol. The lowest BCUT2D eigenvalue weighted by Crippen LogP contribution is -2.31. The van der Waals surface area contributed by atoms with Crippen LogP contribution in [0.25, 0.3) is 0 Å². The summed E-state index contributed by atoms with van der Waals surface area (Å²) < 4.78 is 20.0. The molecule has 118 valence electrons. The number of benzene rings is 1. The first-order valence-electron chi connectivity index (χ1n) is 6.41. The summed E-state index contributed by atoms with van der Waals surface area (Å²) in [4.78, 5) is 35.9. The van der Waals surface area contributed by atoms with Crippen LogP contribution < -0.4 is 14.2 Å². The zero-order valence-electron chi connectivity index (χ0n) is 12.4. The second-order valence-electron chi connectivity index (χ2n) is 4.37. The lowest BCUT2D eigenvalue weighted by Gasteiger charge is -2.16. The number of esters is 1. The van der Waals surface area contributed by atoms with E-state index in [0.717, 1.165) is 4.90 Å². The average molecular weight is 309 g/mol. The molecule has 22 heavy (non-hydrogen) atoms. The summed E-state index contributed by atoms with van der Waals surface area (Å²) in [6.07, 6.45) is -0.702. The highest BCUT2D eigenvalue weighted by molar-refractivity contribution is 6.04. The van der Waals surface area contributed by atoms with Crippen LogP contribution in [0.5, 0.6) is 17.2 Å². The predicted octanol–water partition coefficient (Wildman–Crippen LogP) is 1.22. The second kappa shape index (κ2) is 6.33. The van der Waals surface area contributed by atoms with Crippen LogP contribution in [0.2, 0.25) is 0 Å². The number of rotatable bonds is 4. The van der Waals surface area contributed by atoms with Gasteiger partial charge in [0.15, 0.2) is 11.5 Å². The number of methoxy groups -OCH3 is 2. The molecular weight excluding hydrogens is 294 g/mol. The Hall–Kier alpha value is -2.77. The highest BCUT2D eigenvalue weighted by Gasteiger charge is 2.30. The molecule has 8 nitrogen and oxygen atoms in total. The topological polar surface area (TPSA) is 91.4 Å². The van der Waals surface area contributed by atoms with E-state index in [2.05, 4.69) is 0 Å². The van der Waals surface area contributed by atoms with E-state index in [1.165, 1.54) is 33.3 Å². The van der Waals surface area contributed by atoms with Crippen molar-refractivity contribution < 1.29 is 33.3 Å². The third-order valence-electron chi connectivity index (χ3n) is 2.96. The molecule has 1 aliphatic heterocycles. The third kappa shape index (κ3) is 2.95. The standard InChI is InChI=1S/C14H15NO7/c1-8(16)22-12-10(19-2)6-9(7-11(12)20-3)13(17)15-4-5-21-14(15)18/h6-7H,4-5H2,1-3H3. The van der Waals surface area contributed by atoms with Gasteiger partial charge >= 0.3 is 12.1 Å². The van der Waals surface area contributed by atoms with Gasteiger partial charge in [-0.25, -0.2) is 9.69 Å². The molecule has 8 heteroatoms. The molecule has 2 amide bonds. The second-order valence-corrected chi connectivity index (χ2v) is 4.37. The fraction of sp³-hybridized carbons (Fsp3) is 0.357. The first kappa shape index (κ1) is 15.6. The zero-order chi connectivity index (χ0) is 16.3. The van der Waals surface area contributed by atoms with Crippen molar-refractivity contribution in [3.8, 4) is 17.2 Å². The fourth-order valence-corrected chi connectivity index (χ4v) is 1.98. The number of hydrogen-bond acceptors (Lipinski definition) is 7. The predicted molar refractivity (Wildman–Crippen MR) is 73.2 cm³/mol. The quantitative estimate of drug-likeness (QED) is 0.610. The van der Waals surface area contributed by atoms with Gasteiger partial charge in [-0.3, -0.25) is 9.59 Å². The summed E-state index contributed by atoms with van der Waals surface area (Å²) in [6, 6.07) is 2.74. The van der Waals surface area contributed by atoms with E-state index in [0.29, 0.717) is 0 Å². The molecule has 0 spiro atoms. The number of imide groups is 1. The maximum absolute atomic E-state index is 12.3. The summed E-state index contributed by atoms with van der Waals surface area (Å²) in [6.45, 7) is 1.57. The number of amides is 2. The Balaban J connectivity index is 2.43. The zero-order valence-corrected chi connectivity index (χ0v) is 12.4. The smallest absolute Gasteiger partial charge is 0.416 e. The Labute approximate surface area is 126 Å². The van der Waals surface area contributed by atoms with E-state index in [4.69, 9.17) is 18.9 Å². The van der Waals surface area contributed by atoms with Crippen molar-refractivity contribution in [3.63, 3.8) is 0 Å². The van der Waals surface area contributed by atoms with Crippen LogP contribution in [0.1, 0.15) is 17.3 Å².